The van der Waals surface area contributed by atoms with Crippen LogP contribution in [0.15, 0.2) is 0 Å². The first-order chi connectivity index (χ1) is 15.6. The Morgan fingerprint density at radius 1 is 0.912 bits per heavy atom. The molecule has 0 amide bonds. The summed E-state index contributed by atoms with van der Waals surface area (Å²) in [5.74, 6) is 0.973. The maximum absolute atomic E-state index is 13.2. The van der Waals surface area contributed by atoms with Gasteiger partial charge in [0.2, 0.25) is 0 Å². The molecule has 0 radical (unpaired) electrons. The van der Waals surface area contributed by atoms with Crippen molar-refractivity contribution in [2.45, 2.75) is 118 Å². The summed E-state index contributed by atoms with van der Waals surface area (Å²) in [5.41, 5.74) is -0.0103. The van der Waals surface area contributed by atoms with E-state index >= 15 is 0 Å². The number of aliphatic carboxylic acids is 1. The zero-order valence-electron chi connectivity index (χ0n) is 22.8. The average Bonchev–Trinajstić information content (AvgIpc) is 3.04. The van der Waals surface area contributed by atoms with Crippen LogP contribution >= 0.6 is 0 Å². The lowest BCUT2D eigenvalue weighted by atomic mass is 9.50. The molecule has 3 aliphatic rings. The maximum atomic E-state index is 13.2. The van der Waals surface area contributed by atoms with E-state index in [1.807, 2.05) is 34.6 Å². The normalized spacial score (nSPS) is 35.9. The fourth-order valence-electron chi connectivity index (χ4n) is 7.16. The molecular weight excluding hydrogens is 444 g/mol. The van der Waals surface area contributed by atoms with Crippen LogP contribution < -0.4 is 0 Å². The Bertz CT molecular complexity index is 778. The van der Waals surface area contributed by atoms with Crippen molar-refractivity contribution in [3.05, 3.63) is 0 Å². The minimum absolute atomic E-state index is 0.0535. The molecule has 6 heteroatoms. The molecule has 5 nitrogen and oxygen atoms in total. The summed E-state index contributed by atoms with van der Waals surface area (Å²) in [5, 5.41) is 9.55. The summed E-state index contributed by atoms with van der Waals surface area (Å²) in [6.07, 6.45) is 5.63. The van der Waals surface area contributed by atoms with Gasteiger partial charge in [-0.15, -0.1) is 0 Å². The lowest BCUT2D eigenvalue weighted by molar-refractivity contribution is -0.151. The minimum Gasteiger partial charge on any atom is -0.481 e. The van der Waals surface area contributed by atoms with Gasteiger partial charge >= 0.3 is 5.97 Å². The highest BCUT2D eigenvalue weighted by molar-refractivity contribution is 6.46. The van der Waals surface area contributed by atoms with Crippen LogP contribution in [0, 0.1) is 40.4 Å². The monoisotopic (exact) mass is 492 g/mol. The van der Waals surface area contributed by atoms with Gasteiger partial charge in [-0.2, -0.15) is 0 Å². The first-order valence-corrected chi connectivity index (χ1v) is 15.0. The number of Topliss-reactive ketones (excluding diaryl/α,β-unsaturated/α-hetero) is 2. The number of hydrogen-bond acceptors (Lipinski definition) is 4. The number of carbonyl (C=O) groups is 3. The molecule has 0 spiro atoms. The zero-order chi connectivity index (χ0) is 26.0. The molecule has 1 N–H and O–H groups in total. The predicted molar refractivity (Wildman–Crippen MR) is 136 cm³/mol. The molecule has 6 atom stereocenters. The highest BCUT2D eigenvalue weighted by Gasteiger charge is 2.58. The van der Waals surface area contributed by atoms with Crippen LogP contribution in [0.5, 0.6) is 0 Å². The molecule has 0 heterocycles. The quantitative estimate of drug-likeness (QED) is 0.415. The van der Waals surface area contributed by atoms with Gasteiger partial charge in [0.15, 0.2) is 0 Å². The topological polar surface area (TPSA) is 88.5 Å². The van der Waals surface area contributed by atoms with Crippen molar-refractivity contribution >= 4 is 26.2 Å². The summed E-state index contributed by atoms with van der Waals surface area (Å²) in [6, 6.07) is 0. The molecule has 0 bridgehead atoms. The largest absolute Gasteiger partial charge is 0.481 e. The fraction of sp³-hybridized carbons (Fsp3) is 0.893. The summed E-state index contributed by atoms with van der Waals surface area (Å²) < 4.78 is 11.0. The minimum atomic E-state index is -1.27. The van der Waals surface area contributed by atoms with E-state index in [-0.39, 0.29) is 29.6 Å². The molecule has 3 aliphatic carbocycles. The lowest BCUT2D eigenvalue weighted by Gasteiger charge is -2.52. The van der Waals surface area contributed by atoms with E-state index in [0.717, 1.165) is 32.1 Å². The van der Waals surface area contributed by atoms with Crippen molar-refractivity contribution in [3.63, 3.8) is 0 Å². The molecule has 3 saturated carbocycles. The predicted octanol–water partition coefficient (Wildman–Crippen LogP) is 6.73. The highest BCUT2D eigenvalue weighted by atomic mass is 28.3. The Morgan fingerprint density at radius 2 is 1.41 bits per heavy atom. The van der Waals surface area contributed by atoms with Crippen LogP contribution in [-0.4, -0.2) is 31.3 Å². The van der Waals surface area contributed by atoms with Crippen LogP contribution in [-0.2, 0) is 18.8 Å². The van der Waals surface area contributed by atoms with Crippen molar-refractivity contribution in [1.82, 2.24) is 0 Å². The van der Waals surface area contributed by atoms with Gasteiger partial charge in [-0.1, -0.05) is 55.4 Å². The van der Waals surface area contributed by atoms with Gasteiger partial charge in [-0.05, 0) is 72.8 Å². The van der Waals surface area contributed by atoms with Crippen molar-refractivity contribution in [2.75, 3.05) is 0 Å². The van der Waals surface area contributed by atoms with Crippen LogP contribution in [0.2, 0.25) is 11.1 Å². The van der Waals surface area contributed by atoms with E-state index in [4.69, 9.17) is 0 Å². The van der Waals surface area contributed by atoms with E-state index in [2.05, 4.69) is 20.8 Å². The number of rotatable bonds is 6. The molecule has 0 saturated heterocycles. The van der Waals surface area contributed by atoms with E-state index in [1.54, 1.807) is 0 Å². The summed E-state index contributed by atoms with van der Waals surface area (Å²) >= 11 is 0. The van der Waals surface area contributed by atoms with Crippen molar-refractivity contribution in [2.24, 2.45) is 40.4 Å². The molecule has 194 valence electrons. The third-order valence-corrected chi connectivity index (χ3v) is 11.9. The number of fused-ring (bicyclic) bond motifs is 1. The van der Waals surface area contributed by atoms with Crippen LogP contribution in [0.3, 0.4) is 0 Å². The molecule has 3 rings (SSSR count). The van der Waals surface area contributed by atoms with Crippen LogP contribution in [0.4, 0.5) is 0 Å². The van der Waals surface area contributed by atoms with E-state index in [1.165, 1.54) is 0 Å². The van der Waals surface area contributed by atoms with Gasteiger partial charge in [-0.25, -0.2) is 0 Å². The smallest absolute Gasteiger partial charge is 0.303 e. The van der Waals surface area contributed by atoms with Gasteiger partial charge < -0.3 is 9.57 Å². The first kappa shape index (κ1) is 29.1. The molecule has 0 aromatic heterocycles. The van der Waals surface area contributed by atoms with Crippen molar-refractivity contribution in [3.8, 4) is 0 Å². The Kier molecular flexibility index (Phi) is 9.62. The lowest BCUT2D eigenvalue weighted by Crippen LogP contribution is -2.51. The van der Waals surface area contributed by atoms with Gasteiger partial charge in [0.25, 0.3) is 8.68 Å². The SMILES string of the molecule is CC(C)[C@H]1CC[C@](C)([C@H]2CC[C@]3(C)C(=O)CC[C@H]3[C@@H]2CC(=O)O)C(=O)C1.CC(C)[Si](=O)C(C)C. The van der Waals surface area contributed by atoms with Crippen LogP contribution in [0.1, 0.15) is 107 Å². The van der Waals surface area contributed by atoms with E-state index in [0.29, 0.717) is 47.3 Å². The van der Waals surface area contributed by atoms with Gasteiger partial charge in [0.05, 0.1) is 0 Å². The molecule has 0 aliphatic heterocycles. The third-order valence-electron chi connectivity index (χ3n) is 9.57. The fourth-order valence-corrected chi connectivity index (χ4v) is 8.50. The number of carboxylic acids is 1. The first-order valence-electron chi connectivity index (χ1n) is 13.5. The Balaban J connectivity index is 0.000000440. The maximum Gasteiger partial charge on any atom is 0.303 e. The van der Waals surface area contributed by atoms with Crippen molar-refractivity contribution in [1.29, 1.82) is 0 Å². The number of carbonyl (C=O) groups excluding carboxylic acids is 2. The highest BCUT2D eigenvalue weighted by Crippen LogP contribution is 2.60. The van der Waals surface area contributed by atoms with E-state index in [9.17, 15) is 24.0 Å². The van der Waals surface area contributed by atoms with Crippen LogP contribution in [0.25, 0.3) is 0 Å². The summed E-state index contributed by atoms with van der Waals surface area (Å²) in [4.78, 5) is 37.3. The summed E-state index contributed by atoms with van der Waals surface area (Å²) in [7, 11) is -1.27. The Labute approximate surface area is 208 Å². The second-order valence-corrected chi connectivity index (χ2v) is 15.8. The molecule has 3 fully saturated rings. The number of carboxylic acid groups (broad SMARTS) is 1. The molecule has 34 heavy (non-hydrogen) atoms. The number of hydrogen-bond donors (Lipinski definition) is 1. The second kappa shape index (κ2) is 11.3. The van der Waals surface area contributed by atoms with E-state index < -0.39 is 20.1 Å². The zero-order valence-corrected chi connectivity index (χ0v) is 23.8. The third kappa shape index (κ3) is 5.96. The van der Waals surface area contributed by atoms with Crippen molar-refractivity contribution < 1.29 is 24.0 Å². The molecular formula is C28H48O5Si. The second-order valence-electron chi connectivity index (χ2n) is 12.7. The van der Waals surface area contributed by atoms with Gasteiger partial charge in [0.1, 0.15) is 11.6 Å². The Hall–Kier alpha value is -1.17. The standard InChI is InChI=1S/C22H34O4.C6H14OSi/c1-13(2)14-7-9-22(4,19(24)11-14)17-8-10-21(3)16(5-6-18(21)23)15(17)12-20(25)26;1-5(2)8(7)6(3)4/h13-17H,5-12H2,1-4H3,(H,25,26);5-6H,1-4H3/t14-,15-,16-,17-,21-,22+;/m0./s1. The summed E-state index contributed by atoms with van der Waals surface area (Å²) in [6.45, 7) is 16.6. The van der Waals surface area contributed by atoms with Gasteiger partial charge in [0, 0.05) is 30.1 Å². The average molecular weight is 493 g/mol. The molecule has 0 aromatic rings. The Morgan fingerprint density at radius 3 is 1.85 bits per heavy atom. The molecule has 0 unspecified atom stereocenters. The molecule has 0 aromatic carbocycles. The van der Waals surface area contributed by atoms with Gasteiger partial charge in [-0.3, -0.25) is 14.4 Å². The number of ketones is 2.